The average molecular weight is 265 g/mol. The van der Waals surface area contributed by atoms with Crippen LogP contribution in [0.1, 0.15) is 12.0 Å². The summed E-state index contributed by atoms with van der Waals surface area (Å²) in [6.07, 6.45) is 0.406. The number of aryl methyl sites for hydroxylation is 1. The minimum Gasteiger partial charge on any atom is -0.311 e. The van der Waals surface area contributed by atoms with Gasteiger partial charge in [0.1, 0.15) is 0 Å². The van der Waals surface area contributed by atoms with Crippen LogP contribution in [-0.4, -0.2) is 19.0 Å². The number of rotatable bonds is 3. The first kappa shape index (κ1) is 12.7. The van der Waals surface area contributed by atoms with Crippen molar-refractivity contribution >= 4 is 23.2 Å². The van der Waals surface area contributed by atoms with Gasteiger partial charge < -0.3 is 4.90 Å². The minimum absolute atomic E-state index is 0.0284. The molecular weight excluding hydrogens is 252 g/mol. The van der Waals surface area contributed by atoms with E-state index in [2.05, 4.69) is 10.0 Å². The van der Waals surface area contributed by atoms with Gasteiger partial charge in [0.15, 0.2) is 0 Å². The van der Waals surface area contributed by atoms with Gasteiger partial charge in [0.2, 0.25) is 5.91 Å². The molecule has 0 bridgehead atoms. The Kier molecular flexibility index (Phi) is 3.75. The zero-order valence-corrected chi connectivity index (χ0v) is 10.8. The number of anilines is 1. The van der Waals surface area contributed by atoms with E-state index in [0.29, 0.717) is 24.5 Å². The Morgan fingerprint density at radius 2 is 2.39 bits per heavy atom. The fourth-order valence-corrected chi connectivity index (χ4v) is 2.34. The Bertz CT molecular complexity index is 525. The van der Waals surface area contributed by atoms with Gasteiger partial charge in [-0.3, -0.25) is 4.79 Å². The van der Waals surface area contributed by atoms with E-state index in [1.54, 1.807) is 11.0 Å². The highest BCUT2D eigenvalue weighted by molar-refractivity contribution is 6.33. The summed E-state index contributed by atoms with van der Waals surface area (Å²) in [6, 6.07) is 5.60. The van der Waals surface area contributed by atoms with Crippen molar-refractivity contribution in [3.63, 3.8) is 0 Å². The predicted molar refractivity (Wildman–Crippen MR) is 70.7 cm³/mol. The maximum absolute atomic E-state index is 11.9. The molecule has 1 amide bonds. The number of hydrogen-bond donors (Lipinski definition) is 0. The number of hydrogen-bond acceptors (Lipinski definition) is 2. The number of azide groups is 1. The van der Waals surface area contributed by atoms with E-state index >= 15 is 0 Å². The van der Waals surface area contributed by atoms with Crippen LogP contribution in [0.4, 0.5) is 5.69 Å². The highest BCUT2D eigenvalue weighted by Gasteiger charge is 2.31. The number of amides is 1. The highest BCUT2D eigenvalue weighted by Crippen LogP contribution is 2.32. The molecule has 18 heavy (non-hydrogen) atoms. The number of carbonyl (C=O) groups is 1. The van der Waals surface area contributed by atoms with Gasteiger partial charge >= 0.3 is 0 Å². The molecule has 1 aliphatic heterocycles. The normalized spacial score (nSPS) is 18.9. The number of benzene rings is 1. The number of carbonyl (C=O) groups excluding carboxylic acids is 1. The van der Waals surface area contributed by atoms with Crippen LogP contribution in [0.25, 0.3) is 10.4 Å². The van der Waals surface area contributed by atoms with E-state index in [9.17, 15) is 4.79 Å². The first-order chi connectivity index (χ1) is 8.61. The van der Waals surface area contributed by atoms with Crippen LogP contribution >= 0.6 is 11.6 Å². The van der Waals surface area contributed by atoms with Crippen molar-refractivity contribution in [2.45, 2.75) is 13.3 Å². The summed E-state index contributed by atoms with van der Waals surface area (Å²) in [7, 11) is 0. The van der Waals surface area contributed by atoms with E-state index in [1.807, 2.05) is 19.1 Å². The third-order valence-electron chi connectivity index (χ3n) is 3.00. The van der Waals surface area contributed by atoms with Gasteiger partial charge in [0, 0.05) is 24.4 Å². The van der Waals surface area contributed by atoms with Gasteiger partial charge in [-0.1, -0.05) is 22.8 Å². The lowest BCUT2D eigenvalue weighted by molar-refractivity contribution is -0.117. The third kappa shape index (κ3) is 2.58. The molecule has 1 atom stereocenters. The van der Waals surface area contributed by atoms with Crippen LogP contribution in [0.5, 0.6) is 0 Å². The number of nitrogens with zero attached hydrogens (tertiary/aromatic N) is 4. The summed E-state index contributed by atoms with van der Waals surface area (Å²) in [6.45, 7) is 2.86. The largest absolute Gasteiger partial charge is 0.311 e. The molecule has 0 N–H and O–H groups in total. The van der Waals surface area contributed by atoms with Crippen LogP contribution in [0.15, 0.2) is 23.3 Å². The molecule has 1 heterocycles. The Hall–Kier alpha value is -1.71. The molecule has 94 valence electrons. The Balaban J connectivity index is 2.21. The Labute approximate surface area is 110 Å². The lowest BCUT2D eigenvalue weighted by Gasteiger charge is -2.18. The molecule has 1 aromatic rings. The summed E-state index contributed by atoms with van der Waals surface area (Å²) in [5.74, 6) is 0.102. The van der Waals surface area contributed by atoms with Gasteiger partial charge in [-0.05, 0) is 36.1 Å². The monoisotopic (exact) mass is 264 g/mol. The second-order valence-corrected chi connectivity index (χ2v) is 4.85. The summed E-state index contributed by atoms with van der Waals surface area (Å²) < 4.78 is 0. The molecule has 0 spiro atoms. The van der Waals surface area contributed by atoms with E-state index < -0.39 is 0 Å². The topological polar surface area (TPSA) is 69.1 Å². The fourth-order valence-electron chi connectivity index (χ4n) is 2.12. The Morgan fingerprint density at radius 1 is 1.61 bits per heavy atom. The standard InChI is InChI=1S/C12H13ClN4O/c1-8-2-3-10(13)11(4-8)17-7-9(5-12(17)18)6-15-16-14/h2-4,9H,5-7H2,1H3. The maximum Gasteiger partial charge on any atom is 0.227 e. The fraction of sp³-hybridized carbons (Fsp3) is 0.417. The van der Waals surface area contributed by atoms with E-state index in [-0.39, 0.29) is 11.8 Å². The second-order valence-electron chi connectivity index (χ2n) is 4.44. The Morgan fingerprint density at radius 3 is 3.11 bits per heavy atom. The second kappa shape index (κ2) is 5.29. The van der Waals surface area contributed by atoms with Crippen molar-refractivity contribution in [2.24, 2.45) is 11.0 Å². The van der Waals surface area contributed by atoms with Gasteiger partial charge in [0.05, 0.1) is 10.7 Å². The van der Waals surface area contributed by atoms with Gasteiger partial charge in [-0.2, -0.15) is 0 Å². The van der Waals surface area contributed by atoms with Crippen LogP contribution in [0.2, 0.25) is 5.02 Å². The van der Waals surface area contributed by atoms with Crippen molar-refractivity contribution in [3.05, 3.63) is 39.2 Å². The van der Waals surface area contributed by atoms with Crippen molar-refractivity contribution < 1.29 is 4.79 Å². The van der Waals surface area contributed by atoms with Crippen LogP contribution in [0, 0.1) is 12.8 Å². The predicted octanol–water partition coefficient (Wildman–Crippen LogP) is 3.31. The van der Waals surface area contributed by atoms with E-state index in [0.717, 1.165) is 11.3 Å². The molecule has 1 unspecified atom stereocenters. The van der Waals surface area contributed by atoms with E-state index in [4.69, 9.17) is 17.1 Å². The molecule has 0 radical (unpaired) electrons. The van der Waals surface area contributed by atoms with Crippen LogP contribution < -0.4 is 4.90 Å². The smallest absolute Gasteiger partial charge is 0.227 e. The molecule has 0 aromatic heterocycles. The maximum atomic E-state index is 11.9. The zero-order chi connectivity index (χ0) is 13.1. The van der Waals surface area contributed by atoms with Crippen LogP contribution in [0.3, 0.4) is 0 Å². The van der Waals surface area contributed by atoms with Crippen molar-refractivity contribution in [1.29, 1.82) is 0 Å². The zero-order valence-electron chi connectivity index (χ0n) is 10.0. The summed E-state index contributed by atoms with van der Waals surface area (Å²) in [4.78, 5) is 16.3. The molecule has 5 nitrogen and oxygen atoms in total. The summed E-state index contributed by atoms with van der Waals surface area (Å²) in [5, 5.41) is 4.09. The molecule has 0 aliphatic carbocycles. The lowest BCUT2D eigenvalue weighted by atomic mass is 10.1. The molecule has 1 fully saturated rings. The molecule has 2 rings (SSSR count). The van der Waals surface area contributed by atoms with Gasteiger partial charge in [-0.25, -0.2) is 0 Å². The van der Waals surface area contributed by atoms with Crippen molar-refractivity contribution in [2.75, 3.05) is 18.0 Å². The quantitative estimate of drug-likeness (QED) is 0.469. The SMILES string of the molecule is Cc1ccc(Cl)c(N2CC(CN=[N+]=[N-])CC2=O)c1. The first-order valence-corrected chi connectivity index (χ1v) is 6.07. The van der Waals surface area contributed by atoms with E-state index in [1.165, 1.54) is 0 Å². The molecule has 0 saturated carbocycles. The molecule has 1 aliphatic rings. The molecule has 1 saturated heterocycles. The van der Waals surface area contributed by atoms with Gasteiger partial charge in [0.25, 0.3) is 0 Å². The van der Waals surface area contributed by atoms with Gasteiger partial charge in [-0.15, -0.1) is 0 Å². The molecule has 6 heteroatoms. The van der Waals surface area contributed by atoms with Crippen molar-refractivity contribution in [1.82, 2.24) is 0 Å². The van der Waals surface area contributed by atoms with Crippen LogP contribution in [-0.2, 0) is 4.79 Å². The minimum atomic E-state index is 0.0284. The highest BCUT2D eigenvalue weighted by atomic mass is 35.5. The summed E-state index contributed by atoms with van der Waals surface area (Å²) >= 11 is 6.12. The molecule has 1 aromatic carbocycles. The average Bonchev–Trinajstić information content (AvgIpc) is 2.71. The number of halogens is 1. The van der Waals surface area contributed by atoms with Crippen molar-refractivity contribution in [3.8, 4) is 0 Å². The lowest BCUT2D eigenvalue weighted by Crippen LogP contribution is -2.25. The molecular formula is C12H13ClN4O. The first-order valence-electron chi connectivity index (χ1n) is 5.69. The third-order valence-corrected chi connectivity index (χ3v) is 3.32. The summed E-state index contributed by atoms with van der Waals surface area (Å²) in [5.41, 5.74) is 10.1.